The van der Waals surface area contributed by atoms with Gasteiger partial charge < -0.3 is 4.57 Å². The summed E-state index contributed by atoms with van der Waals surface area (Å²) in [4.78, 5) is 0. The fourth-order valence-corrected chi connectivity index (χ4v) is 4.10. The van der Waals surface area contributed by atoms with Gasteiger partial charge in [-0.25, -0.2) is 8.42 Å². The van der Waals surface area contributed by atoms with Gasteiger partial charge in [0, 0.05) is 12.6 Å². The standard InChI is InChI=1S/C18H16N4O2S/c1-13-6-5-9-14(10-13)17-20-21-18(22(17)2)25(23,24)12-16-8-4-3-7-15(16)11-19/h3-10H,12H2,1-2H3. The van der Waals surface area contributed by atoms with E-state index >= 15 is 0 Å². The van der Waals surface area contributed by atoms with Crippen molar-refractivity contribution in [3.8, 4) is 17.5 Å². The van der Waals surface area contributed by atoms with Gasteiger partial charge in [-0.05, 0) is 24.6 Å². The van der Waals surface area contributed by atoms with Crippen LogP contribution in [0.15, 0.2) is 53.7 Å². The lowest BCUT2D eigenvalue weighted by Crippen LogP contribution is -2.12. The first-order valence-electron chi connectivity index (χ1n) is 7.59. The Bertz CT molecular complexity index is 1080. The molecule has 7 heteroatoms. The molecule has 0 atom stereocenters. The Hall–Kier alpha value is -2.98. The van der Waals surface area contributed by atoms with Crippen LogP contribution in [-0.4, -0.2) is 23.2 Å². The molecule has 0 saturated carbocycles. The highest BCUT2D eigenvalue weighted by atomic mass is 32.2. The topological polar surface area (TPSA) is 88.6 Å². The van der Waals surface area contributed by atoms with Gasteiger partial charge in [-0.2, -0.15) is 5.26 Å². The summed E-state index contributed by atoms with van der Waals surface area (Å²) >= 11 is 0. The largest absolute Gasteiger partial charge is 0.301 e. The summed E-state index contributed by atoms with van der Waals surface area (Å²) in [6, 6.07) is 16.3. The van der Waals surface area contributed by atoms with E-state index < -0.39 is 9.84 Å². The smallest absolute Gasteiger partial charge is 0.250 e. The van der Waals surface area contributed by atoms with E-state index in [2.05, 4.69) is 10.2 Å². The molecule has 0 bridgehead atoms. The van der Waals surface area contributed by atoms with E-state index in [0.29, 0.717) is 17.0 Å². The number of hydrogen-bond acceptors (Lipinski definition) is 5. The van der Waals surface area contributed by atoms with E-state index in [1.807, 2.05) is 37.3 Å². The molecule has 3 rings (SSSR count). The minimum absolute atomic E-state index is 0.114. The van der Waals surface area contributed by atoms with Crippen LogP contribution in [0.4, 0.5) is 0 Å². The fraction of sp³-hybridized carbons (Fsp3) is 0.167. The van der Waals surface area contributed by atoms with Crippen molar-refractivity contribution in [1.82, 2.24) is 14.8 Å². The first-order valence-corrected chi connectivity index (χ1v) is 9.25. The quantitative estimate of drug-likeness (QED) is 0.720. The molecular formula is C18H16N4O2S. The van der Waals surface area contributed by atoms with Gasteiger partial charge in [-0.3, -0.25) is 0 Å². The number of hydrogen-bond donors (Lipinski definition) is 0. The van der Waals surface area contributed by atoms with E-state index in [9.17, 15) is 8.42 Å². The number of aromatic nitrogens is 3. The lowest BCUT2D eigenvalue weighted by Gasteiger charge is -2.07. The molecule has 0 aliphatic rings. The van der Waals surface area contributed by atoms with E-state index in [4.69, 9.17) is 5.26 Å². The minimum atomic E-state index is -3.74. The number of benzene rings is 2. The normalized spacial score (nSPS) is 11.2. The lowest BCUT2D eigenvalue weighted by molar-refractivity contribution is 0.577. The van der Waals surface area contributed by atoms with Gasteiger partial charge in [0.15, 0.2) is 5.82 Å². The number of aryl methyl sites for hydroxylation is 1. The second-order valence-electron chi connectivity index (χ2n) is 5.76. The SMILES string of the molecule is Cc1cccc(-c2nnc(S(=O)(=O)Cc3ccccc3C#N)n2C)c1. The summed E-state index contributed by atoms with van der Waals surface area (Å²) in [5.41, 5.74) is 2.64. The van der Waals surface area contributed by atoms with Crippen molar-refractivity contribution in [3.05, 3.63) is 65.2 Å². The van der Waals surface area contributed by atoms with Crippen molar-refractivity contribution in [1.29, 1.82) is 5.26 Å². The van der Waals surface area contributed by atoms with E-state index in [1.165, 1.54) is 4.57 Å². The molecule has 25 heavy (non-hydrogen) atoms. The molecule has 3 aromatic rings. The van der Waals surface area contributed by atoms with E-state index in [1.54, 1.807) is 31.3 Å². The molecule has 1 heterocycles. The summed E-state index contributed by atoms with van der Waals surface area (Å²) in [6.45, 7) is 1.95. The van der Waals surface area contributed by atoms with E-state index in [-0.39, 0.29) is 10.9 Å². The third-order valence-corrected chi connectivity index (χ3v) is 5.48. The fourth-order valence-electron chi connectivity index (χ4n) is 2.65. The summed E-state index contributed by atoms with van der Waals surface area (Å²) in [7, 11) is -2.11. The highest BCUT2D eigenvalue weighted by Gasteiger charge is 2.25. The molecule has 0 unspecified atom stereocenters. The summed E-state index contributed by atoms with van der Waals surface area (Å²) in [5.74, 6) is 0.187. The minimum Gasteiger partial charge on any atom is -0.301 e. The van der Waals surface area contributed by atoms with Crippen molar-refractivity contribution < 1.29 is 8.42 Å². The molecule has 6 nitrogen and oxygen atoms in total. The van der Waals surface area contributed by atoms with Crippen LogP contribution in [0.1, 0.15) is 16.7 Å². The lowest BCUT2D eigenvalue weighted by atomic mass is 10.1. The maximum Gasteiger partial charge on any atom is 0.250 e. The molecular weight excluding hydrogens is 336 g/mol. The first-order chi connectivity index (χ1) is 11.9. The summed E-state index contributed by atoms with van der Waals surface area (Å²) < 4.78 is 27.0. The third-order valence-electron chi connectivity index (χ3n) is 3.87. The van der Waals surface area contributed by atoms with Crippen molar-refractivity contribution in [2.75, 3.05) is 0 Å². The number of nitriles is 1. The average molecular weight is 352 g/mol. The molecule has 0 N–H and O–H groups in total. The van der Waals surface area contributed by atoms with Gasteiger partial charge >= 0.3 is 0 Å². The Morgan fingerprint density at radius 1 is 1.12 bits per heavy atom. The van der Waals surface area contributed by atoms with Gasteiger partial charge in [0.2, 0.25) is 15.0 Å². The highest BCUT2D eigenvalue weighted by Crippen LogP contribution is 2.23. The number of rotatable bonds is 4. The molecule has 0 aliphatic heterocycles. The molecule has 0 saturated heterocycles. The van der Waals surface area contributed by atoms with Crippen LogP contribution in [0.3, 0.4) is 0 Å². The zero-order valence-corrected chi connectivity index (χ0v) is 14.7. The van der Waals surface area contributed by atoms with Crippen LogP contribution in [0.5, 0.6) is 0 Å². The van der Waals surface area contributed by atoms with Crippen LogP contribution in [-0.2, 0) is 22.6 Å². The molecule has 0 fully saturated rings. The maximum absolute atomic E-state index is 12.8. The van der Waals surface area contributed by atoms with Gasteiger partial charge in [-0.1, -0.05) is 42.0 Å². The molecule has 0 radical (unpaired) electrons. The molecule has 2 aromatic carbocycles. The van der Waals surface area contributed by atoms with Gasteiger partial charge in [0.05, 0.1) is 17.4 Å². The average Bonchev–Trinajstić information content (AvgIpc) is 2.97. The van der Waals surface area contributed by atoms with Crippen molar-refractivity contribution >= 4 is 9.84 Å². The van der Waals surface area contributed by atoms with Crippen LogP contribution in [0, 0.1) is 18.3 Å². The van der Waals surface area contributed by atoms with E-state index in [0.717, 1.165) is 11.1 Å². The Kier molecular flexibility index (Phi) is 4.38. The van der Waals surface area contributed by atoms with Crippen LogP contribution in [0.25, 0.3) is 11.4 Å². The number of sulfone groups is 1. The monoisotopic (exact) mass is 352 g/mol. The second kappa shape index (κ2) is 6.49. The zero-order valence-electron chi connectivity index (χ0n) is 13.8. The van der Waals surface area contributed by atoms with Crippen molar-refractivity contribution in [3.63, 3.8) is 0 Å². The first kappa shape index (κ1) is 16.9. The Balaban J connectivity index is 2.01. The molecule has 0 aliphatic carbocycles. The molecule has 1 aromatic heterocycles. The van der Waals surface area contributed by atoms with Crippen molar-refractivity contribution in [2.45, 2.75) is 17.8 Å². The Morgan fingerprint density at radius 3 is 2.60 bits per heavy atom. The Morgan fingerprint density at radius 2 is 1.88 bits per heavy atom. The van der Waals surface area contributed by atoms with Crippen LogP contribution in [0.2, 0.25) is 0 Å². The number of nitrogens with zero attached hydrogens (tertiary/aromatic N) is 4. The summed E-state index contributed by atoms with van der Waals surface area (Å²) in [6.07, 6.45) is 0. The van der Waals surface area contributed by atoms with Crippen molar-refractivity contribution in [2.24, 2.45) is 7.05 Å². The van der Waals surface area contributed by atoms with Crippen LogP contribution >= 0.6 is 0 Å². The molecule has 0 spiro atoms. The zero-order chi connectivity index (χ0) is 18.0. The van der Waals surface area contributed by atoms with Gasteiger partial charge in [0.25, 0.3) is 0 Å². The molecule has 0 amide bonds. The van der Waals surface area contributed by atoms with Gasteiger partial charge in [-0.15, -0.1) is 10.2 Å². The summed E-state index contributed by atoms with van der Waals surface area (Å²) in [5, 5.41) is 17.0. The predicted octanol–water partition coefficient (Wildman–Crippen LogP) is 2.64. The maximum atomic E-state index is 12.8. The Labute approximate surface area is 146 Å². The second-order valence-corrected chi connectivity index (χ2v) is 7.65. The predicted molar refractivity (Wildman–Crippen MR) is 93.2 cm³/mol. The highest BCUT2D eigenvalue weighted by molar-refractivity contribution is 7.90. The third kappa shape index (κ3) is 3.30. The van der Waals surface area contributed by atoms with Gasteiger partial charge in [0.1, 0.15) is 0 Å². The van der Waals surface area contributed by atoms with Crippen LogP contribution < -0.4 is 0 Å². The molecule has 126 valence electrons.